The van der Waals surface area contributed by atoms with Crippen molar-refractivity contribution in [2.75, 3.05) is 6.61 Å². The van der Waals surface area contributed by atoms with Crippen molar-refractivity contribution >= 4 is 22.9 Å². The van der Waals surface area contributed by atoms with E-state index in [1.165, 1.54) is 10.4 Å². The molecule has 18 heavy (non-hydrogen) atoms. The number of ether oxygens (including phenoxy) is 1. The first-order valence-corrected chi connectivity index (χ1v) is 6.85. The molecule has 2 rings (SSSR count). The Bertz CT molecular complexity index is 515. The first-order valence-electron chi connectivity index (χ1n) is 5.59. The van der Waals surface area contributed by atoms with Gasteiger partial charge in [0.15, 0.2) is 0 Å². The molecular formula is C13H15ClN2OS. The lowest BCUT2D eigenvalue weighted by Crippen LogP contribution is -2.32. The van der Waals surface area contributed by atoms with Crippen LogP contribution in [0, 0.1) is 6.92 Å². The molecule has 96 valence electrons. The standard InChI is InChI=1S/C13H15ClN2OS/c1-9-5-6-18-13(9)12(16-15)8-17-11-4-2-3-10(14)7-11/h2-7,12,16H,8,15H2,1H3. The van der Waals surface area contributed by atoms with E-state index in [4.69, 9.17) is 22.2 Å². The summed E-state index contributed by atoms with van der Waals surface area (Å²) in [6, 6.07) is 9.40. The summed E-state index contributed by atoms with van der Waals surface area (Å²) in [4.78, 5) is 1.19. The van der Waals surface area contributed by atoms with Crippen LogP contribution in [0.3, 0.4) is 0 Å². The van der Waals surface area contributed by atoms with Gasteiger partial charge in [-0.05, 0) is 42.1 Å². The van der Waals surface area contributed by atoms with Crippen molar-refractivity contribution in [3.63, 3.8) is 0 Å². The van der Waals surface area contributed by atoms with Crippen molar-refractivity contribution in [3.05, 3.63) is 51.2 Å². The van der Waals surface area contributed by atoms with Crippen LogP contribution in [-0.4, -0.2) is 6.61 Å². The number of rotatable bonds is 5. The fraction of sp³-hybridized carbons (Fsp3) is 0.231. The molecule has 1 heterocycles. The molecule has 2 aromatic rings. The summed E-state index contributed by atoms with van der Waals surface area (Å²) in [5.41, 5.74) is 4.00. The van der Waals surface area contributed by atoms with Gasteiger partial charge < -0.3 is 4.74 Å². The SMILES string of the molecule is Cc1ccsc1C(COc1cccc(Cl)c1)NN. The van der Waals surface area contributed by atoms with Crippen LogP contribution in [0.1, 0.15) is 16.5 Å². The maximum Gasteiger partial charge on any atom is 0.120 e. The van der Waals surface area contributed by atoms with Crippen LogP contribution in [0.25, 0.3) is 0 Å². The Hall–Kier alpha value is -1.07. The summed E-state index contributed by atoms with van der Waals surface area (Å²) in [5, 5.41) is 2.71. The first-order chi connectivity index (χ1) is 8.70. The predicted octanol–water partition coefficient (Wildman–Crippen LogP) is 3.29. The lowest BCUT2D eigenvalue weighted by atomic mass is 10.2. The minimum atomic E-state index is -0.0102. The van der Waals surface area contributed by atoms with Crippen molar-refractivity contribution in [2.24, 2.45) is 5.84 Å². The fourth-order valence-electron chi connectivity index (χ4n) is 1.68. The quantitative estimate of drug-likeness (QED) is 0.653. The van der Waals surface area contributed by atoms with Crippen molar-refractivity contribution in [1.29, 1.82) is 0 Å². The molecule has 1 aromatic heterocycles. The van der Waals surface area contributed by atoms with Gasteiger partial charge >= 0.3 is 0 Å². The summed E-state index contributed by atoms with van der Waals surface area (Å²) < 4.78 is 5.70. The number of halogens is 1. The number of hydrogen-bond acceptors (Lipinski definition) is 4. The molecule has 0 radical (unpaired) electrons. The van der Waals surface area contributed by atoms with Crippen LogP contribution in [0.2, 0.25) is 5.02 Å². The molecular weight excluding hydrogens is 268 g/mol. The van der Waals surface area contributed by atoms with Gasteiger partial charge in [-0.1, -0.05) is 17.7 Å². The smallest absolute Gasteiger partial charge is 0.120 e. The van der Waals surface area contributed by atoms with E-state index < -0.39 is 0 Å². The number of benzene rings is 1. The zero-order chi connectivity index (χ0) is 13.0. The second kappa shape index (κ2) is 6.20. The topological polar surface area (TPSA) is 47.3 Å². The monoisotopic (exact) mass is 282 g/mol. The summed E-state index contributed by atoms with van der Waals surface area (Å²) in [6.07, 6.45) is 0. The minimum absolute atomic E-state index is 0.0102. The molecule has 0 bridgehead atoms. The number of hydrazine groups is 1. The van der Waals surface area contributed by atoms with Crippen molar-refractivity contribution in [3.8, 4) is 5.75 Å². The molecule has 0 fully saturated rings. The van der Waals surface area contributed by atoms with E-state index in [0.717, 1.165) is 5.75 Å². The van der Waals surface area contributed by atoms with E-state index >= 15 is 0 Å². The maximum absolute atomic E-state index is 5.90. The molecule has 0 aliphatic carbocycles. The highest BCUT2D eigenvalue weighted by Gasteiger charge is 2.14. The largest absolute Gasteiger partial charge is 0.491 e. The van der Waals surface area contributed by atoms with Gasteiger partial charge in [-0.15, -0.1) is 11.3 Å². The molecule has 0 saturated heterocycles. The van der Waals surface area contributed by atoms with Crippen LogP contribution in [0.15, 0.2) is 35.7 Å². The van der Waals surface area contributed by atoms with E-state index in [-0.39, 0.29) is 6.04 Å². The van der Waals surface area contributed by atoms with Crippen LogP contribution in [0.5, 0.6) is 5.75 Å². The number of nitrogens with two attached hydrogens (primary N) is 1. The lowest BCUT2D eigenvalue weighted by Gasteiger charge is -2.16. The van der Waals surface area contributed by atoms with Crippen LogP contribution >= 0.6 is 22.9 Å². The number of thiophene rings is 1. The third kappa shape index (κ3) is 3.23. The Morgan fingerprint density at radius 3 is 2.89 bits per heavy atom. The van der Waals surface area contributed by atoms with E-state index in [9.17, 15) is 0 Å². The summed E-state index contributed by atoms with van der Waals surface area (Å²) >= 11 is 7.57. The van der Waals surface area contributed by atoms with Crippen molar-refractivity contribution in [2.45, 2.75) is 13.0 Å². The number of hydrogen-bond donors (Lipinski definition) is 2. The zero-order valence-corrected chi connectivity index (χ0v) is 11.6. The normalized spacial score (nSPS) is 12.4. The van der Waals surface area contributed by atoms with Crippen LogP contribution in [-0.2, 0) is 0 Å². The average molecular weight is 283 g/mol. The summed E-state index contributed by atoms with van der Waals surface area (Å²) in [7, 11) is 0. The van der Waals surface area contributed by atoms with Gasteiger partial charge in [0.25, 0.3) is 0 Å². The number of aryl methyl sites for hydroxylation is 1. The lowest BCUT2D eigenvalue weighted by molar-refractivity contribution is 0.269. The Morgan fingerprint density at radius 2 is 2.28 bits per heavy atom. The van der Waals surface area contributed by atoms with Crippen LogP contribution in [0.4, 0.5) is 0 Å². The molecule has 1 atom stereocenters. The van der Waals surface area contributed by atoms with Crippen molar-refractivity contribution in [1.82, 2.24) is 5.43 Å². The van der Waals surface area contributed by atoms with Gasteiger partial charge in [0.1, 0.15) is 12.4 Å². The van der Waals surface area contributed by atoms with Gasteiger partial charge in [0, 0.05) is 9.90 Å². The fourth-order valence-corrected chi connectivity index (χ4v) is 2.83. The van der Waals surface area contributed by atoms with Gasteiger partial charge in [-0.2, -0.15) is 0 Å². The van der Waals surface area contributed by atoms with Gasteiger partial charge in [0.05, 0.1) is 6.04 Å². The first kappa shape index (κ1) is 13.4. The average Bonchev–Trinajstić information content (AvgIpc) is 2.77. The third-order valence-electron chi connectivity index (χ3n) is 2.63. The second-order valence-electron chi connectivity index (χ2n) is 3.96. The maximum atomic E-state index is 5.90. The molecule has 5 heteroatoms. The van der Waals surface area contributed by atoms with Crippen LogP contribution < -0.4 is 16.0 Å². The Balaban J connectivity index is 2.02. The third-order valence-corrected chi connectivity index (χ3v) is 4.00. The second-order valence-corrected chi connectivity index (χ2v) is 5.34. The molecule has 3 N–H and O–H groups in total. The van der Waals surface area contributed by atoms with E-state index in [0.29, 0.717) is 11.6 Å². The van der Waals surface area contributed by atoms with E-state index in [2.05, 4.69) is 18.4 Å². The molecule has 0 aliphatic rings. The Kier molecular flexibility index (Phi) is 4.60. The molecule has 0 saturated carbocycles. The molecule has 1 aromatic carbocycles. The predicted molar refractivity (Wildman–Crippen MR) is 76.1 cm³/mol. The van der Waals surface area contributed by atoms with Crippen molar-refractivity contribution < 1.29 is 4.74 Å². The molecule has 3 nitrogen and oxygen atoms in total. The Labute approximate surface area is 116 Å². The molecule has 0 amide bonds. The van der Waals surface area contributed by atoms with E-state index in [1.54, 1.807) is 17.4 Å². The molecule has 1 unspecified atom stereocenters. The van der Waals surface area contributed by atoms with E-state index in [1.807, 2.05) is 23.6 Å². The molecule has 0 spiro atoms. The summed E-state index contributed by atoms with van der Waals surface area (Å²) in [6.45, 7) is 2.54. The highest BCUT2D eigenvalue weighted by Crippen LogP contribution is 2.25. The highest BCUT2D eigenvalue weighted by molar-refractivity contribution is 7.10. The molecule has 0 aliphatic heterocycles. The summed E-state index contributed by atoms with van der Waals surface area (Å²) in [5.74, 6) is 6.32. The van der Waals surface area contributed by atoms with Gasteiger partial charge in [-0.25, -0.2) is 5.43 Å². The minimum Gasteiger partial charge on any atom is -0.491 e. The zero-order valence-electron chi connectivity index (χ0n) is 10.0. The number of nitrogens with one attached hydrogen (secondary N) is 1. The van der Waals surface area contributed by atoms with Gasteiger partial charge in [0.2, 0.25) is 0 Å². The van der Waals surface area contributed by atoms with Gasteiger partial charge in [-0.3, -0.25) is 5.84 Å². The Morgan fingerprint density at radius 1 is 1.44 bits per heavy atom. The highest BCUT2D eigenvalue weighted by atomic mass is 35.5.